The minimum atomic E-state index is -1.91. The van der Waals surface area contributed by atoms with Gasteiger partial charge in [-0.05, 0) is 31.5 Å². The van der Waals surface area contributed by atoms with Gasteiger partial charge in [0.15, 0.2) is 5.54 Å². The topological polar surface area (TPSA) is 111 Å². The van der Waals surface area contributed by atoms with Gasteiger partial charge in [-0.2, -0.15) is 0 Å². The molecule has 1 atom stereocenters. The molecule has 0 saturated carbocycles. The Bertz CT molecular complexity index is 597. The Morgan fingerprint density at radius 3 is 2.12 bits per heavy atom. The number of aliphatic carboxylic acids is 1. The van der Waals surface area contributed by atoms with E-state index >= 15 is 0 Å². The number of carbonyl (C=O) groups excluding carboxylic acids is 2. The summed E-state index contributed by atoms with van der Waals surface area (Å²) in [6.07, 6.45) is -1.71. The molecule has 1 rings (SSSR count). The molecule has 8 heteroatoms. The zero-order valence-corrected chi connectivity index (χ0v) is 14.0. The summed E-state index contributed by atoms with van der Waals surface area (Å²) < 4.78 is 14.7. The molecule has 0 aromatic heterocycles. The molecule has 0 spiro atoms. The van der Waals surface area contributed by atoms with Crippen molar-refractivity contribution < 1.29 is 33.7 Å². The van der Waals surface area contributed by atoms with E-state index in [-0.39, 0.29) is 11.7 Å². The Morgan fingerprint density at radius 1 is 1.12 bits per heavy atom. The summed E-state index contributed by atoms with van der Waals surface area (Å²) in [6.45, 7) is 3.71. The van der Waals surface area contributed by atoms with Gasteiger partial charge in [0.2, 0.25) is 0 Å². The van der Waals surface area contributed by atoms with E-state index in [1.807, 2.05) is 13.8 Å². The summed E-state index contributed by atoms with van der Waals surface area (Å²) >= 11 is 0. The normalized spacial score (nSPS) is 12.9. The second-order valence-electron chi connectivity index (χ2n) is 5.27. The first-order chi connectivity index (χ1) is 11.2. The molecule has 0 aliphatic heterocycles. The van der Waals surface area contributed by atoms with Crippen LogP contribution in [0.1, 0.15) is 25.8 Å². The SMILES string of the molecule is COC(=O)N[C@](CC(=O)O)(C(=O)OC)c1ccc(OC(C)C)cc1. The second kappa shape index (κ2) is 8.19. The molecule has 0 aliphatic rings. The number of nitrogens with one attached hydrogen (secondary N) is 1. The third-order valence-electron chi connectivity index (χ3n) is 3.17. The van der Waals surface area contributed by atoms with E-state index in [0.29, 0.717) is 5.75 Å². The molecule has 0 unspecified atom stereocenters. The summed E-state index contributed by atoms with van der Waals surface area (Å²) in [6, 6.07) is 6.14. The van der Waals surface area contributed by atoms with Crippen molar-refractivity contribution in [2.45, 2.75) is 31.9 Å². The third-order valence-corrected chi connectivity index (χ3v) is 3.17. The highest BCUT2D eigenvalue weighted by Gasteiger charge is 2.45. The molecule has 0 saturated heterocycles. The van der Waals surface area contributed by atoms with Crippen LogP contribution in [0.2, 0.25) is 0 Å². The molecule has 1 amide bonds. The number of carboxylic acids is 1. The number of alkyl carbamates (subject to hydrolysis) is 1. The van der Waals surface area contributed by atoms with Crippen molar-refractivity contribution in [3.8, 4) is 5.75 Å². The van der Waals surface area contributed by atoms with E-state index in [0.717, 1.165) is 14.2 Å². The molecule has 8 nitrogen and oxygen atoms in total. The van der Waals surface area contributed by atoms with Crippen LogP contribution in [-0.4, -0.2) is 43.5 Å². The maximum atomic E-state index is 12.3. The van der Waals surface area contributed by atoms with Gasteiger partial charge in [0.25, 0.3) is 0 Å². The quantitative estimate of drug-likeness (QED) is 0.727. The third kappa shape index (κ3) is 4.61. The molecule has 0 heterocycles. The summed E-state index contributed by atoms with van der Waals surface area (Å²) in [5.74, 6) is -1.67. The number of amides is 1. The minimum Gasteiger partial charge on any atom is -0.491 e. The van der Waals surface area contributed by atoms with Crippen LogP contribution in [0.15, 0.2) is 24.3 Å². The molecule has 0 radical (unpaired) electrons. The molecule has 132 valence electrons. The van der Waals surface area contributed by atoms with Gasteiger partial charge in [0.05, 0.1) is 26.7 Å². The first-order valence-electron chi connectivity index (χ1n) is 7.18. The number of methoxy groups -OCH3 is 2. The van der Waals surface area contributed by atoms with Gasteiger partial charge in [-0.25, -0.2) is 9.59 Å². The lowest BCUT2D eigenvalue weighted by molar-refractivity contribution is -0.154. The lowest BCUT2D eigenvalue weighted by Gasteiger charge is -2.30. The lowest BCUT2D eigenvalue weighted by atomic mass is 9.86. The number of esters is 1. The molecular weight excluding hydrogens is 318 g/mol. The first kappa shape index (κ1) is 19.3. The van der Waals surface area contributed by atoms with Gasteiger partial charge in [-0.15, -0.1) is 0 Å². The second-order valence-corrected chi connectivity index (χ2v) is 5.27. The maximum Gasteiger partial charge on any atom is 0.408 e. The summed E-state index contributed by atoms with van der Waals surface area (Å²) in [4.78, 5) is 35.2. The standard InChI is InChI=1S/C16H21NO7/c1-10(2)24-12-7-5-11(6-8-12)16(9-13(18)19,14(20)22-3)17-15(21)23-4/h5-8,10H,9H2,1-4H3,(H,17,21)(H,18,19)/t16-/m0/s1. The van der Waals surface area contributed by atoms with Gasteiger partial charge < -0.3 is 24.6 Å². The zero-order chi connectivity index (χ0) is 18.3. The number of carbonyl (C=O) groups is 3. The summed E-state index contributed by atoms with van der Waals surface area (Å²) in [5.41, 5.74) is -1.68. The Balaban J connectivity index is 3.35. The van der Waals surface area contributed by atoms with Crippen LogP contribution in [0.25, 0.3) is 0 Å². The van der Waals surface area contributed by atoms with Gasteiger partial charge in [0.1, 0.15) is 5.75 Å². The van der Waals surface area contributed by atoms with Gasteiger partial charge in [-0.1, -0.05) is 12.1 Å². The van der Waals surface area contributed by atoms with Crippen LogP contribution < -0.4 is 10.1 Å². The van der Waals surface area contributed by atoms with Crippen LogP contribution in [0.4, 0.5) is 4.79 Å². The average Bonchev–Trinajstić information content (AvgIpc) is 2.52. The minimum absolute atomic E-state index is 0.0478. The number of carboxylic acid groups (broad SMARTS) is 1. The monoisotopic (exact) mass is 339 g/mol. The van der Waals surface area contributed by atoms with Crippen molar-refractivity contribution in [3.63, 3.8) is 0 Å². The molecule has 2 N–H and O–H groups in total. The summed E-state index contributed by atoms with van der Waals surface area (Å²) in [5, 5.41) is 11.5. The van der Waals surface area contributed by atoms with Crippen molar-refractivity contribution in [1.29, 1.82) is 0 Å². The van der Waals surface area contributed by atoms with Crippen molar-refractivity contribution >= 4 is 18.0 Å². The fourth-order valence-corrected chi connectivity index (χ4v) is 2.18. The van der Waals surface area contributed by atoms with Gasteiger partial charge >= 0.3 is 18.0 Å². The molecule has 0 fully saturated rings. The van der Waals surface area contributed by atoms with Crippen molar-refractivity contribution in [1.82, 2.24) is 5.32 Å². The van der Waals surface area contributed by atoms with Crippen molar-refractivity contribution in [2.24, 2.45) is 0 Å². The van der Waals surface area contributed by atoms with E-state index < -0.39 is 30.0 Å². The Morgan fingerprint density at radius 2 is 1.71 bits per heavy atom. The average molecular weight is 339 g/mol. The van der Waals surface area contributed by atoms with Crippen LogP contribution in [0, 0.1) is 0 Å². The highest BCUT2D eigenvalue weighted by molar-refractivity contribution is 5.91. The summed E-state index contributed by atoms with van der Waals surface area (Å²) in [7, 11) is 2.21. The molecule has 0 bridgehead atoms. The maximum absolute atomic E-state index is 12.3. The van der Waals surface area contributed by atoms with Crippen LogP contribution in [-0.2, 0) is 24.6 Å². The van der Waals surface area contributed by atoms with E-state index in [2.05, 4.69) is 10.1 Å². The molecule has 24 heavy (non-hydrogen) atoms. The van der Waals surface area contributed by atoms with E-state index in [1.165, 1.54) is 12.1 Å². The van der Waals surface area contributed by atoms with Gasteiger partial charge in [-0.3, -0.25) is 4.79 Å². The Kier molecular flexibility index (Phi) is 6.58. The molecule has 1 aromatic carbocycles. The van der Waals surface area contributed by atoms with Crippen LogP contribution in [0.5, 0.6) is 5.75 Å². The predicted molar refractivity (Wildman–Crippen MR) is 83.7 cm³/mol. The zero-order valence-electron chi connectivity index (χ0n) is 14.0. The molecule has 0 aliphatic carbocycles. The number of hydrogen-bond acceptors (Lipinski definition) is 6. The largest absolute Gasteiger partial charge is 0.491 e. The van der Waals surface area contributed by atoms with Gasteiger partial charge in [0, 0.05) is 0 Å². The highest BCUT2D eigenvalue weighted by atomic mass is 16.5. The number of hydrogen-bond donors (Lipinski definition) is 2. The van der Waals surface area contributed by atoms with Crippen molar-refractivity contribution in [3.05, 3.63) is 29.8 Å². The fourth-order valence-electron chi connectivity index (χ4n) is 2.18. The Labute approximate surface area is 139 Å². The highest BCUT2D eigenvalue weighted by Crippen LogP contribution is 2.29. The lowest BCUT2D eigenvalue weighted by Crippen LogP contribution is -2.53. The Hall–Kier alpha value is -2.77. The number of rotatable bonds is 7. The van der Waals surface area contributed by atoms with Crippen LogP contribution >= 0.6 is 0 Å². The number of benzene rings is 1. The molecular formula is C16H21NO7. The fraction of sp³-hybridized carbons (Fsp3) is 0.438. The molecule has 1 aromatic rings. The van der Waals surface area contributed by atoms with E-state index in [1.54, 1.807) is 12.1 Å². The van der Waals surface area contributed by atoms with E-state index in [9.17, 15) is 19.5 Å². The van der Waals surface area contributed by atoms with Crippen molar-refractivity contribution in [2.75, 3.05) is 14.2 Å². The number of ether oxygens (including phenoxy) is 3. The van der Waals surface area contributed by atoms with E-state index in [4.69, 9.17) is 9.47 Å². The van der Waals surface area contributed by atoms with Crippen LogP contribution in [0.3, 0.4) is 0 Å². The smallest absolute Gasteiger partial charge is 0.408 e. The first-order valence-corrected chi connectivity index (χ1v) is 7.18. The predicted octanol–water partition coefficient (Wildman–Crippen LogP) is 1.67.